The fourth-order valence-electron chi connectivity index (χ4n) is 2.62. The molecule has 2 rings (SSSR count). The lowest BCUT2D eigenvalue weighted by atomic mass is 9.88. The Hall–Kier alpha value is -0.800. The number of ether oxygens (including phenoxy) is 1. The molecular weight excluding hydrogens is 284 g/mol. The van der Waals surface area contributed by atoms with Crippen LogP contribution in [0, 0.1) is 5.92 Å². The van der Waals surface area contributed by atoms with E-state index in [9.17, 15) is 0 Å². The molecule has 118 valence electrons. The van der Waals surface area contributed by atoms with Crippen LogP contribution in [0.4, 0.5) is 0 Å². The van der Waals surface area contributed by atoms with E-state index in [4.69, 9.17) is 16.3 Å². The van der Waals surface area contributed by atoms with Gasteiger partial charge in [0.25, 0.3) is 0 Å². The summed E-state index contributed by atoms with van der Waals surface area (Å²) in [5, 5.41) is 4.05. The summed E-state index contributed by atoms with van der Waals surface area (Å²) in [5.74, 6) is 1.16. The number of halogens is 1. The molecule has 1 N–H and O–H groups in total. The van der Waals surface area contributed by atoms with Crippen molar-refractivity contribution in [2.24, 2.45) is 5.92 Å². The van der Waals surface area contributed by atoms with E-state index in [2.05, 4.69) is 38.0 Å². The largest absolute Gasteiger partial charge is 0.473 e. The van der Waals surface area contributed by atoms with Crippen LogP contribution < -0.4 is 10.1 Å². The summed E-state index contributed by atoms with van der Waals surface area (Å²) in [7, 11) is 0. The first-order chi connectivity index (χ1) is 9.85. The summed E-state index contributed by atoms with van der Waals surface area (Å²) < 4.78 is 6.04. The molecule has 0 amide bonds. The molecule has 1 aromatic heterocycles. The van der Waals surface area contributed by atoms with E-state index in [1.54, 1.807) is 0 Å². The first-order valence-corrected chi connectivity index (χ1v) is 8.29. The highest BCUT2D eigenvalue weighted by molar-refractivity contribution is 6.31. The zero-order valence-electron chi connectivity index (χ0n) is 13.6. The monoisotopic (exact) mass is 310 g/mol. The van der Waals surface area contributed by atoms with Crippen LogP contribution in [0.2, 0.25) is 5.02 Å². The van der Waals surface area contributed by atoms with Crippen LogP contribution in [0.25, 0.3) is 0 Å². The minimum absolute atomic E-state index is 0.0825. The van der Waals surface area contributed by atoms with Gasteiger partial charge in [0.1, 0.15) is 11.1 Å². The van der Waals surface area contributed by atoms with Crippen LogP contribution in [-0.4, -0.2) is 16.6 Å². The van der Waals surface area contributed by atoms with E-state index < -0.39 is 0 Å². The summed E-state index contributed by atoms with van der Waals surface area (Å²) in [4.78, 5) is 4.41. The quantitative estimate of drug-likeness (QED) is 0.884. The topological polar surface area (TPSA) is 34.1 Å². The molecule has 0 saturated heterocycles. The van der Waals surface area contributed by atoms with Crippen molar-refractivity contribution in [2.75, 3.05) is 0 Å². The molecule has 1 saturated carbocycles. The first-order valence-electron chi connectivity index (χ1n) is 7.91. The Bertz CT molecular complexity index is 470. The molecular formula is C17H27ClN2O. The number of hydrogen-bond donors (Lipinski definition) is 1. The number of rotatable bonds is 4. The second kappa shape index (κ2) is 6.97. The lowest BCUT2D eigenvalue weighted by Gasteiger charge is -2.29. The highest BCUT2D eigenvalue weighted by Gasteiger charge is 2.24. The Morgan fingerprint density at radius 2 is 2.05 bits per heavy atom. The summed E-state index contributed by atoms with van der Waals surface area (Å²) in [6.45, 7) is 9.44. The molecule has 0 spiro atoms. The van der Waals surface area contributed by atoms with Crippen molar-refractivity contribution in [2.45, 2.75) is 71.6 Å². The molecule has 0 aliphatic heterocycles. The highest BCUT2D eigenvalue weighted by atomic mass is 35.5. The van der Waals surface area contributed by atoms with E-state index in [1.807, 2.05) is 12.3 Å². The van der Waals surface area contributed by atoms with Gasteiger partial charge in [0, 0.05) is 18.3 Å². The lowest BCUT2D eigenvalue weighted by molar-refractivity contribution is 0.0976. The Balaban J connectivity index is 1.98. The summed E-state index contributed by atoms with van der Waals surface area (Å²) in [5.41, 5.74) is 1.16. The van der Waals surface area contributed by atoms with Gasteiger partial charge in [-0.2, -0.15) is 0 Å². The SMILES string of the molecule is CC1CCCCC1Oc1ncc(CNC(C)(C)C)cc1Cl. The molecule has 1 fully saturated rings. The minimum Gasteiger partial charge on any atom is -0.473 e. The molecule has 3 nitrogen and oxygen atoms in total. The highest BCUT2D eigenvalue weighted by Crippen LogP contribution is 2.30. The van der Waals surface area contributed by atoms with Gasteiger partial charge in [-0.15, -0.1) is 0 Å². The van der Waals surface area contributed by atoms with Gasteiger partial charge in [-0.1, -0.05) is 24.9 Å². The van der Waals surface area contributed by atoms with Gasteiger partial charge in [0.05, 0.1) is 0 Å². The predicted molar refractivity (Wildman–Crippen MR) is 87.9 cm³/mol. The van der Waals surface area contributed by atoms with Crippen LogP contribution in [0.15, 0.2) is 12.3 Å². The fourth-order valence-corrected chi connectivity index (χ4v) is 2.85. The second-order valence-corrected chi connectivity index (χ2v) is 7.56. The molecule has 2 unspecified atom stereocenters. The van der Waals surface area contributed by atoms with Crippen molar-refractivity contribution < 1.29 is 4.74 Å². The normalized spacial score (nSPS) is 23.1. The molecule has 2 atom stereocenters. The van der Waals surface area contributed by atoms with Gasteiger partial charge >= 0.3 is 0 Å². The van der Waals surface area contributed by atoms with Crippen LogP contribution in [0.3, 0.4) is 0 Å². The Morgan fingerprint density at radius 3 is 2.67 bits per heavy atom. The molecule has 4 heteroatoms. The third-order valence-corrected chi connectivity index (χ3v) is 4.25. The molecule has 1 heterocycles. The van der Waals surface area contributed by atoms with Gasteiger partial charge in [0.15, 0.2) is 0 Å². The van der Waals surface area contributed by atoms with Crippen LogP contribution in [0.5, 0.6) is 5.88 Å². The van der Waals surface area contributed by atoms with Gasteiger partial charge in [-0.05, 0) is 57.6 Å². The second-order valence-electron chi connectivity index (χ2n) is 7.15. The summed E-state index contributed by atoms with van der Waals surface area (Å²) in [6.07, 6.45) is 6.98. The van der Waals surface area contributed by atoms with E-state index in [-0.39, 0.29) is 11.6 Å². The molecule has 0 radical (unpaired) electrons. The average molecular weight is 311 g/mol. The van der Waals surface area contributed by atoms with Crippen molar-refractivity contribution in [1.29, 1.82) is 0 Å². The van der Waals surface area contributed by atoms with Crippen molar-refractivity contribution >= 4 is 11.6 Å². The number of nitrogens with zero attached hydrogens (tertiary/aromatic N) is 1. The third kappa shape index (κ3) is 5.15. The standard InChI is InChI=1S/C17H27ClN2O/c1-12-7-5-6-8-15(12)21-16-14(18)9-13(10-19-16)11-20-17(2,3)4/h9-10,12,15,20H,5-8,11H2,1-4H3. The van der Waals surface area contributed by atoms with E-state index in [0.29, 0.717) is 16.8 Å². The zero-order chi connectivity index (χ0) is 15.5. The van der Waals surface area contributed by atoms with Gasteiger partial charge in [-0.3, -0.25) is 0 Å². The van der Waals surface area contributed by atoms with Crippen molar-refractivity contribution in [3.63, 3.8) is 0 Å². The number of nitrogens with one attached hydrogen (secondary N) is 1. The van der Waals surface area contributed by atoms with Crippen LogP contribution in [-0.2, 0) is 6.54 Å². The molecule has 21 heavy (non-hydrogen) atoms. The van der Waals surface area contributed by atoms with Crippen LogP contribution in [0.1, 0.15) is 58.9 Å². The van der Waals surface area contributed by atoms with Gasteiger partial charge in [-0.25, -0.2) is 4.98 Å². The fraction of sp³-hybridized carbons (Fsp3) is 0.706. The van der Waals surface area contributed by atoms with Crippen molar-refractivity contribution in [3.8, 4) is 5.88 Å². The lowest BCUT2D eigenvalue weighted by Crippen LogP contribution is -2.35. The first kappa shape index (κ1) is 16.6. The Kier molecular flexibility index (Phi) is 5.50. The van der Waals surface area contributed by atoms with Gasteiger partial charge in [0.2, 0.25) is 5.88 Å². The maximum atomic E-state index is 6.33. The smallest absolute Gasteiger partial charge is 0.232 e. The maximum Gasteiger partial charge on any atom is 0.232 e. The number of aromatic nitrogens is 1. The maximum absolute atomic E-state index is 6.33. The van der Waals surface area contributed by atoms with Crippen molar-refractivity contribution in [3.05, 3.63) is 22.8 Å². The zero-order valence-corrected chi connectivity index (χ0v) is 14.3. The molecule has 0 aromatic carbocycles. The van der Waals surface area contributed by atoms with Crippen LogP contribution >= 0.6 is 11.6 Å². The molecule has 1 aromatic rings. The van der Waals surface area contributed by atoms with Gasteiger partial charge < -0.3 is 10.1 Å². The molecule has 1 aliphatic rings. The van der Waals surface area contributed by atoms with E-state index >= 15 is 0 Å². The van der Waals surface area contributed by atoms with E-state index in [1.165, 1.54) is 19.3 Å². The van der Waals surface area contributed by atoms with E-state index in [0.717, 1.165) is 18.5 Å². The Labute approximate surface area is 133 Å². The third-order valence-electron chi connectivity index (χ3n) is 3.98. The summed E-state index contributed by atoms with van der Waals surface area (Å²) in [6, 6.07) is 1.95. The predicted octanol–water partition coefficient (Wildman–Crippen LogP) is 4.58. The Morgan fingerprint density at radius 1 is 1.33 bits per heavy atom. The van der Waals surface area contributed by atoms with Crippen molar-refractivity contribution in [1.82, 2.24) is 10.3 Å². The molecule has 0 bridgehead atoms. The average Bonchev–Trinajstić information content (AvgIpc) is 2.41. The summed E-state index contributed by atoms with van der Waals surface area (Å²) >= 11 is 6.33. The number of hydrogen-bond acceptors (Lipinski definition) is 3. The minimum atomic E-state index is 0.0825. The molecule has 1 aliphatic carbocycles. The number of pyridine rings is 1.